The second-order valence-corrected chi connectivity index (χ2v) is 5.15. The van der Waals surface area contributed by atoms with E-state index >= 15 is 0 Å². The fourth-order valence-electron chi connectivity index (χ4n) is 0.422. The molecule has 0 spiro atoms. The average Bonchev–Trinajstić information content (AvgIpc) is 2.21. The van der Waals surface area contributed by atoms with E-state index < -0.39 is 0 Å². The Morgan fingerprint density at radius 2 is 0.733 bits per heavy atom. The van der Waals surface area contributed by atoms with E-state index in [0.717, 1.165) is 47.7 Å². The lowest BCUT2D eigenvalue weighted by Gasteiger charge is -1.93. The molecule has 7 heteroatoms. The quantitative estimate of drug-likeness (QED) is 0.395. The monoisotopic (exact) mass is 478 g/mol. The fraction of sp³-hybridized carbons (Fsp3) is 1.00. The average molecular weight is 482 g/mol. The first-order chi connectivity index (χ1) is 6.83. The number of alkyl halides is 4. The summed E-state index contributed by atoms with van der Waals surface area (Å²) in [7, 11) is 0. The summed E-state index contributed by atoms with van der Waals surface area (Å²) < 4.78 is 10.1. The van der Waals surface area contributed by atoms with Crippen LogP contribution in [0.5, 0.6) is 0 Å². The molecule has 0 aromatic rings. The van der Waals surface area contributed by atoms with Crippen molar-refractivity contribution in [2.75, 3.05) is 47.7 Å². The van der Waals surface area contributed by atoms with Gasteiger partial charge < -0.3 is 14.9 Å². The molecule has 0 amide bonds. The van der Waals surface area contributed by atoms with Crippen LogP contribution in [-0.4, -0.2) is 53.2 Å². The molecule has 0 aliphatic heterocycles. The predicted octanol–water partition coefficient (Wildman–Crippen LogP) is 2.76. The maximum Gasteiger partial charge on any atom is 0.0563 e. The van der Waals surface area contributed by atoms with Gasteiger partial charge in [-0.05, 0) is 0 Å². The van der Waals surface area contributed by atoms with E-state index in [0.29, 0.717) is 0 Å². The minimum atomic E-state index is 0. The van der Waals surface area contributed by atoms with Crippen LogP contribution in [0.25, 0.3) is 0 Å². The highest BCUT2D eigenvalue weighted by molar-refractivity contribution is 9.09. The van der Waals surface area contributed by atoms with Crippen molar-refractivity contribution < 1.29 is 14.9 Å². The van der Waals surface area contributed by atoms with Gasteiger partial charge in [-0.2, -0.15) is 0 Å². The summed E-state index contributed by atoms with van der Waals surface area (Å²) in [5.74, 6) is 0. The van der Waals surface area contributed by atoms with Gasteiger partial charge in [-0.25, -0.2) is 0 Å². The molecule has 0 saturated heterocycles. The number of rotatable bonds is 8. The molecule has 0 unspecified atom stereocenters. The summed E-state index contributed by atoms with van der Waals surface area (Å²) in [4.78, 5) is 0. The van der Waals surface area contributed by atoms with Gasteiger partial charge in [-0.15, -0.1) is 0 Å². The van der Waals surface area contributed by atoms with E-state index in [9.17, 15) is 0 Å². The molecule has 0 aliphatic rings. The summed E-state index contributed by atoms with van der Waals surface area (Å²) in [6, 6.07) is 0. The maximum atomic E-state index is 5.04. The van der Waals surface area contributed by atoms with Gasteiger partial charge in [0.05, 0.1) is 26.4 Å². The number of halogens is 4. The van der Waals surface area contributed by atoms with Crippen molar-refractivity contribution in [3.63, 3.8) is 0 Å². The Hall–Kier alpha value is 1.80. The van der Waals surface area contributed by atoms with Crippen molar-refractivity contribution in [3.8, 4) is 0 Å². The molecule has 3 nitrogen and oxygen atoms in total. The second-order valence-electron chi connectivity index (χ2n) is 1.98. The molecule has 0 aliphatic carbocycles. The van der Waals surface area contributed by atoms with Crippen LogP contribution >= 0.6 is 63.7 Å². The van der Waals surface area contributed by atoms with Crippen LogP contribution in [0.2, 0.25) is 0 Å². The Morgan fingerprint density at radius 1 is 0.533 bits per heavy atom. The third kappa shape index (κ3) is 31.3. The Labute approximate surface area is 125 Å². The van der Waals surface area contributed by atoms with Crippen molar-refractivity contribution in [2.45, 2.75) is 0 Å². The van der Waals surface area contributed by atoms with Crippen LogP contribution < -0.4 is 0 Å². The van der Waals surface area contributed by atoms with Gasteiger partial charge in [0.25, 0.3) is 0 Å². The minimum Gasteiger partial charge on any atom is -0.412 e. The van der Waals surface area contributed by atoms with Crippen LogP contribution in [0.3, 0.4) is 0 Å². The lowest BCUT2D eigenvalue weighted by molar-refractivity contribution is 0.168. The van der Waals surface area contributed by atoms with Crippen molar-refractivity contribution >= 4 is 63.7 Å². The van der Waals surface area contributed by atoms with Crippen LogP contribution in [-0.2, 0) is 9.47 Å². The van der Waals surface area contributed by atoms with Crippen LogP contribution in [0, 0.1) is 0 Å². The lowest BCUT2D eigenvalue weighted by Crippen LogP contribution is -1.97. The van der Waals surface area contributed by atoms with Crippen molar-refractivity contribution in [3.05, 3.63) is 0 Å². The van der Waals surface area contributed by atoms with E-state index in [-0.39, 0.29) is 5.48 Å². The van der Waals surface area contributed by atoms with Gasteiger partial charge in [-0.3, -0.25) is 0 Å². The molecule has 0 saturated carbocycles. The van der Waals surface area contributed by atoms with Gasteiger partial charge in [0.2, 0.25) is 0 Å². The largest absolute Gasteiger partial charge is 0.412 e. The number of hydrogen-bond acceptors (Lipinski definition) is 2. The molecular weight excluding hydrogens is 464 g/mol. The highest BCUT2D eigenvalue weighted by atomic mass is 79.9. The number of ether oxygens (including phenoxy) is 2. The van der Waals surface area contributed by atoms with E-state index in [1.165, 1.54) is 0 Å². The zero-order chi connectivity index (χ0) is 11.1. The van der Waals surface area contributed by atoms with Gasteiger partial charge >= 0.3 is 0 Å². The van der Waals surface area contributed by atoms with Crippen molar-refractivity contribution in [1.82, 2.24) is 0 Å². The highest BCUT2D eigenvalue weighted by Crippen LogP contribution is 1.84. The van der Waals surface area contributed by atoms with E-state index in [1.807, 2.05) is 0 Å². The Morgan fingerprint density at radius 3 is 0.867 bits per heavy atom. The SMILES string of the molecule is BrCCOCCBr.BrCCOCCBr.O. The summed E-state index contributed by atoms with van der Waals surface area (Å²) in [5.41, 5.74) is 0. The molecule has 0 aromatic heterocycles. The third-order valence-corrected chi connectivity index (χ3v) is 2.18. The first-order valence-electron chi connectivity index (χ1n) is 4.22. The first kappa shape index (κ1) is 22.0. The smallest absolute Gasteiger partial charge is 0.0563 e. The lowest BCUT2D eigenvalue weighted by atomic mass is 10.8. The second kappa shape index (κ2) is 24.9. The van der Waals surface area contributed by atoms with Gasteiger partial charge in [-0.1, -0.05) is 63.7 Å². The minimum absolute atomic E-state index is 0. The third-order valence-electron chi connectivity index (χ3n) is 0.886. The zero-order valence-electron chi connectivity index (χ0n) is 8.49. The predicted molar refractivity (Wildman–Crippen MR) is 80.4 cm³/mol. The first-order valence-corrected chi connectivity index (χ1v) is 8.71. The molecule has 15 heavy (non-hydrogen) atoms. The Balaban J connectivity index is -0.000000180. The summed E-state index contributed by atoms with van der Waals surface area (Å²) >= 11 is 13.0. The Kier molecular flexibility index (Phi) is 36.5. The normalized spacial score (nSPS) is 8.80. The van der Waals surface area contributed by atoms with Crippen LogP contribution in [0.4, 0.5) is 0 Å². The molecule has 0 fully saturated rings. The van der Waals surface area contributed by atoms with E-state index in [4.69, 9.17) is 9.47 Å². The van der Waals surface area contributed by atoms with Crippen molar-refractivity contribution in [2.24, 2.45) is 0 Å². The van der Waals surface area contributed by atoms with Gasteiger partial charge in [0, 0.05) is 21.3 Å². The molecule has 0 atom stereocenters. The van der Waals surface area contributed by atoms with Crippen LogP contribution in [0.1, 0.15) is 0 Å². The zero-order valence-corrected chi connectivity index (χ0v) is 14.8. The number of hydrogen-bond donors (Lipinski definition) is 0. The molecule has 0 heterocycles. The van der Waals surface area contributed by atoms with Crippen LogP contribution in [0.15, 0.2) is 0 Å². The molecular formula is C8H18Br4O3. The van der Waals surface area contributed by atoms with E-state index in [1.54, 1.807) is 0 Å². The van der Waals surface area contributed by atoms with Gasteiger partial charge in [0.15, 0.2) is 0 Å². The van der Waals surface area contributed by atoms with Gasteiger partial charge in [0.1, 0.15) is 0 Å². The summed E-state index contributed by atoms with van der Waals surface area (Å²) in [5, 5.41) is 3.72. The maximum absolute atomic E-state index is 5.04. The molecule has 0 rings (SSSR count). The summed E-state index contributed by atoms with van der Waals surface area (Å²) in [6.45, 7) is 3.24. The molecule has 0 radical (unpaired) electrons. The topological polar surface area (TPSA) is 50.0 Å². The highest BCUT2D eigenvalue weighted by Gasteiger charge is 1.80. The van der Waals surface area contributed by atoms with E-state index in [2.05, 4.69) is 63.7 Å². The molecule has 0 aromatic carbocycles. The fourth-order valence-corrected chi connectivity index (χ4v) is 1.34. The Bertz CT molecular complexity index is 70.3. The molecule has 0 bridgehead atoms. The molecule has 2 N–H and O–H groups in total. The van der Waals surface area contributed by atoms with Crippen molar-refractivity contribution in [1.29, 1.82) is 0 Å². The standard InChI is InChI=1S/2C4H8Br2O.H2O/c2*5-1-3-7-4-2-6;/h2*1-4H2;1H2. The summed E-state index contributed by atoms with van der Waals surface area (Å²) in [6.07, 6.45) is 0. The molecule has 96 valence electrons.